The number of nitrogens with zero attached hydrogens (tertiary/aromatic N) is 3. The molecule has 4 rings (SSSR count). The number of amides is 1. The molecule has 1 fully saturated rings. The number of carbonyl (C=O) groups is 1. The van der Waals surface area contributed by atoms with Crippen molar-refractivity contribution in [2.45, 2.75) is 36.8 Å². The lowest BCUT2D eigenvalue weighted by atomic mass is 10.1. The first-order valence-electron chi connectivity index (χ1n) is 10.8. The van der Waals surface area contributed by atoms with Crippen LogP contribution in [-0.4, -0.2) is 41.5 Å². The van der Waals surface area contributed by atoms with E-state index in [9.17, 15) is 26.4 Å². The Labute approximate surface area is 195 Å². The number of hydrogen-bond acceptors (Lipinski definition) is 4. The molecule has 3 aromatic rings. The lowest BCUT2D eigenvalue weighted by Gasteiger charge is -2.15. The molecule has 1 aliphatic heterocycles. The molecule has 1 N–H and O–H groups in total. The third-order valence-electron chi connectivity index (χ3n) is 5.60. The highest BCUT2D eigenvalue weighted by Crippen LogP contribution is 2.30. The highest BCUT2D eigenvalue weighted by molar-refractivity contribution is 7.89. The van der Waals surface area contributed by atoms with Crippen LogP contribution in [0.5, 0.6) is 0 Å². The maximum absolute atomic E-state index is 13.0. The van der Waals surface area contributed by atoms with Crippen LogP contribution in [0.25, 0.3) is 5.69 Å². The molecule has 34 heavy (non-hydrogen) atoms. The molecule has 2 heterocycles. The fraction of sp³-hybridized carbons (Fsp3) is 0.304. The molecule has 1 amide bonds. The van der Waals surface area contributed by atoms with Gasteiger partial charge in [0.2, 0.25) is 15.9 Å². The summed E-state index contributed by atoms with van der Waals surface area (Å²) in [6.07, 6.45) is -1.14. The number of nitrogens with one attached hydrogen (secondary N) is 1. The van der Waals surface area contributed by atoms with Gasteiger partial charge >= 0.3 is 6.18 Å². The minimum Gasteiger partial charge on any atom is -0.326 e. The first-order chi connectivity index (χ1) is 16.1. The molecule has 0 bridgehead atoms. The molecule has 180 valence electrons. The topological polar surface area (TPSA) is 84.3 Å². The van der Waals surface area contributed by atoms with Gasteiger partial charge in [-0.1, -0.05) is 12.1 Å². The second-order valence-corrected chi connectivity index (χ2v) is 9.91. The van der Waals surface area contributed by atoms with E-state index in [4.69, 9.17) is 0 Å². The summed E-state index contributed by atoms with van der Waals surface area (Å²) >= 11 is 0. The summed E-state index contributed by atoms with van der Waals surface area (Å²) in [6, 6.07) is 13.3. The zero-order chi connectivity index (χ0) is 24.3. The molecular formula is C23H23F3N4O3S. The van der Waals surface area contributed by atoms with Gasteiger partial charge in [-0.15, -0.1) is 0 Å². The Balaban J connectivity index is 1.32. The van der Waals surface area contributed by atoms with Crippen molar-refractivity contribution in [2.75, 3.05) is 18.4 Å². The van der Waals surface area contributed by atoms with Crippen LogP contribution in [0.15, 0.2) is 65.7 Å². The maximum atomic E-state index is 13.0. The number of hydrogen-bond donors (Lipinski definition) is 1. The number of alkyl halides is 3. The van der Waals surface area contributed by atoms with Crippen molar-refractivity contribution in [2.24, 2.45) is 0 Å². The molecule has 1 aromatic heterocycles. The lowest BCUT2D eigenvalue weighted by molar-refractivity contribution is -0.142. The number of benzene rings is 2. The SMILES string of the molecule is O=C(CCc1ccc(S(=O)(=O)N2CCCC2)cc1)Nc1ccc(-n2nccc2C(F)(F)F)cc1. The van der Waals surface area contributed by atoms with E-state index < -0.39 is 21.9 Å². The van der Waals surface area contributed by atoms with E-state index in [2.05, 4.69) is 10.4 Å². The average molecular weight is 493 g/mol. The van der Waals surface area contributed by atoms with Crippen molar-refractivity contribution in [3.8, 4) is 5.69 Å². The van der Waals surface area contributed by atoms with Crippen molar-refractivity contribution < 1.29 is 26.4 Å². The molecule has 1 aliphatic rings. The minimum absolute atomic E-state index is 0.164. The predicted molar refractivity (Wildman–Crippen MR) is 120 cm³/mol. The second kappa shape index (κ2) is 9.59. The quantitative estimate of drug-likeness (QED) is 0.535. The molecule has 2 aromatic carbocycles. The average Bonchev–Trinajstić information content (AvgIpc) is 3.51. The Hall–Kier alpha value is -3.18. The van der Waals surface area contributed by atoms with Gasteiger partial charge in [-0.3, -0.25) is 4.79 Å². The highest BCUT2D eigenvalue weighted by Gasteiger charge is 2.35. The molecule has 0 unspecified atom stereocenters. The van der Waals surface area contributed by atoms with Gasteiger partial charge in [0.05, 0.1) is 16.8 Å². The van der Waals surface area contributed by atoms with Crippen molar-refractivity contribution >= 4 is 21.6 Å². The Bertz CT molecular complexity index is 1250. The maximum Gasteiger partial charge on any atom is 0.433 e. The predicted octanol–water partition coefficient (Wildman–Crippen LogP) is 4.25. The van der Waals surface area contributed by atoms with E-state index in [0.717, 1.165) is 35.4 Å². The Morgan fingerprint density at radius 1 is 0.971 bits per heavy atom. The Morgan fingerprint density at radius 2 is 1.62 bits per heavy atom. The van der Waals surface area contributed by atoms with Crippen LogP contribution in [0.2, 0.25) is 0 Å². The van der Waals surface area contributed by atoms with E-state index in [-0.39, 0.29) is 22.9 Å². The van der Waals surface area contributed by atoms with Crippen LogP contribution in [0, 0.1) is 0 Å². The standard InChI is InChI=1S/C23H23F3N4O3S/c24-23(25,26)21-13-14-27-30(21)19-8-6-18(7-9-19)28-22(31)12-5-17-3-10-20(11-4-17)34(32,33)29-15-1-2-16-29/h3-4,6-11,13-14H,1-2,5,12,15-16H2,(H,28,31). The first-order valence-corrected chi connectivity index (χ1v) is 12.2. The first kappa shape index (κ1) is 24.0. The van der Waals surface area contributed by atoms with E-state index >= 15 is 0 Å². The van der Waals surface area contributed by atoms with Crippen LogP contribution in [0.1, 0.15) is 30.5 Å². The van der Waals surface area contributed by atoms with Crippen molar-refractivity contribution in [3.05, 3.63) is 72.1 Å². The number of aryl methyl sites for hydroxylation is 1. The number of carbonyl (C=O) groups excluding carboxylic acids is 1. The fourth-order valence-corrected chi connectivity index (χ4v) is 5.31. The van der Waals surface area contributed by atoms with Crippen LogP contribution in [-0.2, 0) is 27.4 Å². The van der Waals surface area contributed by atoms with E-state index in [0.29, 0.717) is 25.2 Å². The molecule has 7 nitrogen and oxygen atoms in total. The normalized spacial score (nSPS) is 14.9. The van der Waals surface area contributed by atoms with Gasteiger partial charge in [0.25, 0.3) is 0 Å². The molecular weight excluding hydrogens is 469 g/mol. The summed E-state index contributed by atoms with van der Waals surface area (Å²) in [7, 11) is -3.47. The number of sulfonamides is 1. The van der Waals surface area contributed by atoms with Gasteiger partial charge in [0.1, 0.15) is 5.69 Å². The summed E-state index contributed by atoms with van der Waals surface area (Å²) in [5.41, 5.74) is 0.605. The molecule has 0 spiro atoms. The van der Waals surface area contributed by atoms with Crippen LogP contribution >= 0.6 is 0 Å². The van der Waals surface area contributed by atoms with Crippen LogP contribution < -0.4 is 5.32 Å². The second-order valence-electron chi connectivity index (χ2n) is 7.98. The number of anilines is 1. The van der Waals surface area contributed by atoms with Gasteiger partial charge < -0.3 is 5.32 Å². The third-order valence-corrected chi connectivity index (χ3v) is 7.51. The van der Waals surface area contributed by atoms with Gasteiger partial charge in [-0.2, -0.15) is 22.6 Å². The summed E-state index contributed by atoms with van der Waals surface area (Å²) in [6.45, 7) is 1.08. The number of rotatable bonds is 7. The van der Waals surface area contributed by atoms with E-state index in [1.54, 1.807) is 24.3 Å². The minimum atomic E-state index is -4.53. The number of aromatic nitrogens is 2. The molecule has 0 saturated carbocycles. The molecule has 0 atom stereocenters. The molecule has 1 saturated heterocycles. The smallest absolute Gasteiger partial charge is 0.326 e. The highest BCUT2D eigenvalue weighted by atomic mass is 32.2. The van der Waals surface area contributed by atoms with E-state index in [1.165, 1.54) is 28.6 Å². The van der Waals surface area contributed by atoms with Crippen molar-refractivity contribution in [1.82, 2.24) is 14.1 Å². The zero-order valence-corrected chi connectivity index (χ0v) is 18.9. The zero-order valence-electron chi connectivity index (χ0n) is 18.1. The lowest BCUT2D eigenvalue weighted by Crippen LogP contribution is -2.27. The van der Waals surface area contributed by atoms with Crippen molar-refractivity contribution in [3.63, 3.8) is 0 Å². The fourth-order valence-electron chi connectivity index (χ4n) is 3.80. The Morgan fingerprint density at radius 3 is 2.24 bits per heavy atom. The summed E-state index contributed by atoms with van der Waals surface area (Å²) in [5, 5.41) is 6.43. The summed E-state index contributed by atoms with van der Waals surface area (Å²) < 4.78 is 66.6. The summed E-state index contributed by atoms with van der Waals surface area (Å²) in [5.74, 6) is -0.267. The third kappa shape index (κ3) is 5.31. The van der Waals surface area contributed by atoms with Crippen molar-refractivity contribution in [1.29, 1.82) is 0 Å². The van der Waals surface area contributed by atoms with Gasteiger partial charge in [0.15, 0.2) is 0 Å². The summed E-state index contributed by atoms with van der Waals surface area (Å²) in [4.78, 5) is 12.5. The number of halogens is 3. The molecule has 0 aliphatic carbocycles. The van der Waals surface area contributed by atoms with Gasteiger partial charge in [-0.05, 0) is 67.3 Å². The largest absolute Gasteiger partial charge is 0.433 e. The van der Waals surface area contributed by atoms with Crippen LogP contribution in [0.3, 0.4) is 0 Å². The molecule has 11 heteroatoms. The van der Waals surface area contributed by atoms with E-state index in [1.807, 2.05) is 0 Å². The van der Waals surface area contributed by atoms with Gasteiger partial charge in [-0.25, -0.2) is 13.1 Å². The molecule has 0 radical (unpaired) electrons. The van der Waals surface area contributed by atoms with Crippen LogP contribution in [0.4, 0.5) is 18.9 Å². The Kier molecular flexibility index (Phi) is 6.76. The monoisotopic (exact) mass is 492 g/mol. The van der Waals surface area contributed by atoms with Gasteiger partial charge in [0, 0.05) is 25.2 Å².